The van der Waals surface area contributed by atoms with Gasteiger partial charge in [0.05, 0.1) is 0 Å². The molecule has 20 heavy (non-hydrogen) atoms. The molecule has 1 fully saturated rings. The van der Waals surface area contributed by atoms with Crippen LogP contribution in [0.3, 0.4) is 0 Å². The first kappa shape index (κ1) is 13.2. The maximum absolute atomic E-state index is 12.1. The smallest absolute Gasteiger partial charge is 0.227 e. The van der Waals surface area contributed by atoms with Gasteiger partial charge in [-0.15, -0.1) is 0 Å². The van der Waals surface area contributed by atoms with E-state index in [1.54, 1.807) is 6.92 Å². The molecule has 4 nitrogen and oxygen atoms in total. The van der Waals surface area contributed by atoms with E-state index in [4.69, 9.17) is 0 Å². The fourth-order valence-corrected chi connectivity index (χ4v) is 3.28. The van der Waals surface area contributed by atoms with E-state index in [1.165, 1.54) is 11.8 Å². The van der Waals surface area contributed by atoms with Gasteiger partial charge in [-0.1, -0.05) is 17.8 Å². The highest BCUT2D eigenvalue weighted by Crippen LogP contribution is 2.29. The Morgan fingerprint density at radius 2 is 2.30 bits per heavy atom. The third-order valence-electron chi connectivity index (χ3n) is 3.58. The minimum absolute atomic E-state index is 0.115. The number of aromatic nitrogens is 1. The Morgan fingerprint density at radius 3 is 3.10 bits per heavy atom. The van der Waals surface area contributed by atoms with Crippen molar-refractivity contribution in [3.05, 3.63) is 30.5 Å². The number of hydrogen-bond acceptors (Lipinski definition) is 3. The molecular formula is C15H16N2O2S. The summed E-state index contributed by atoms with van der Waals surface area (Å²) in [6.45, 7) is 2.27. The van der Waals surface area contributed by atoms with Crippen molar-refractivity contribution in [3.63, 3.8) is 0 Å². The highest BCUT2D eigenvalue weighted by molar-refractivity contribution is 8.13. The highest BCUT2D eigenvalue weighted by Gasteiger charge is 2.30. The molecule has 104 valence electrons. The zero-order valence-corrected chi connectivity index (χ0v) is 12.1. The number of carbonyl (C=O) groups is 2. The average Bonchev–Trinajstić information content (AvgIpc) is 3.01. The average molecular weight is 288 g/mol. The molecule has 5 heteroatoms. The molecule has 0 aliphatic carbocycles. The predicted molar refractivity (Wildman–Crippen MR) is 81.9 cm³/mol. The number of benzene rings is 1. The van der Waals surface area contributed by atoms with Crippen molar-refractivity contribution in [2.24, 2.45) is 5.92 Å². The number of anilines is 1. The van der Waals surface area contributed by atoms with Crippen LogP contribution in [0, 0.1) is 5.92 Å². The lowest BCUT2D eigenvalue weighted by molar-refractivity contribution is -0.117. The molecule has 1 aliphatic heterocycles. The van der Waals surface area contributed by atoms with Crippen molar-refractivity contribution >= 4 is 39.4 Å². The van der Waals surface area contributed by atoms with Crippen molar-refractivity contribution in [2.45, 2.75) is 13.3 Å². The molecule has 1 unspecified atom stereocenters. The van der Waals surface area contributed by atoms with Gasteiger partial charge >= 0.3 is 0 Å². The van der Waals surface area contributed by atoms with Crippen LogP contribution in [-0.2, 0) is 9.59 Å². The predicted octanol–water partition coefficient (Wildman–Crippen LogP) is 2.80. The number of thioether (sulfide) groups is 1. The summed E-state index contributed by atoms with van der Waals surface area (Å²) in [6, 6.07) is 8.02. The van der Waals surface area contributed by atoms with Gasteiger partial charge in [0.1, 0.15) is 0 Å². The number of nitrogens with zero attached hydrogens (tertiary/aromatic N) is 1. The Kier molecular flexibility index (Phi) is 3.53. The minimum atomic E-state index is 0.115. The van der Waals surface area contributed by atoms with E-state index in [0.29, 0.717) is 13.0 Å². The number of hydrogen-bond donors (Lipinski definition) is 1. The maximum Gasteiger partial charge on any atom is 0.227 e. The number of rotatable bonds is 3. The monoisotopic (exact) mass is 288 g/mol. The van der Waals surface area contributed by atoms with Gasteiger partial charge in [-0.3, -0.25) is 9.59 Å². The lowest BCUT2D eigenvalue weighted by atomic mass is 10.1. The Labute approximate surface area is 121 Å². The molecule has 0 saturated carbocycles. The maximum atomic E-state index is 12.1. The Morgan fingerprint density at radius 1 is 1.45 bits per heavy atom. The van der Waals surface area contributed by atoms with E-state index in [-0.39, 0.29) is 16.9 Å². The second-order valence-corrected chi connectivity index (χ2v) is 6.32. The number of amides is 1. The Balaban J connectivity index is 1.76. The van der Waals surface area contributed by atoms with Crippen molar-refractivity contribution in [1.82, 2.24) is 4.98 Å². The van der Waals surface area contributed by atoms with Crippen LogP contribution < -0.4 is 4.90 Å². The molecule has 1 atom stereocenters. The van der Waals surface area contributed by atoms with Gasteiger partial charge in [-0.05, 0) is 29.5 Å². The van der Waals surface area contributed by atoms with E-state index < -0.39 is 0 Å². The molecule has 1 aromatic carbocycles. The van der Waals surface area contributed by atoms with Crippen molar-refractivity contribution in [3.8, 4) is 0 Å². The van der Waals surface area contributed by atoms with Gasteiger partial charge in [0.25, 0.3) is 0 Å². The topological polar surface area (TPSA) is 53.2 Å². The molecule has 1 N–H and O–H groups in total. The number of nitrogens with one attached hydrogen (secondary N) is 1. The summed E-state index contributed by atoms with van der Waals surface area (Å²) in [7, 11) is 0. The van der Waals surface area contributed by atoms with Crippen LogP contribution in [0.15, 0.2) is 30.5 Å². The summed E-state index contributed by atoms with van der Waals surface area (Å²) in [5.74, 6) is 1.13. The molecule has 1 aliphatic rings. The first-order valence-corrected chi connectivity index (χ1v) is 7.63. The molecule has 0 bridgehead atoms. The van der Waals surface area contributed by atoms with Gasteiger partial charge in [0.15, 0.2) is 5.12 Å². The molecule has 0 radical (unpaired) electrons. The quantitative estimate of drug-likeness (QED) is 0.945. The first-order chi connectivity index (χ1) is 9.63. The van der Waals surface area contributed by atoms with Crippen LogP contribution >= 0.6 is 11.8 Å². The van der Waals surface area contributed by atoms with Crippen LogP contribution in [0.25, 0.3) is 10.9 Å². The molecule has 2 aromatic rings. The van der Waals surface area contributed by atoms with Gasteiger partial charge in [0.2, 0.25) is 5.91 Å². The first-order valence-electron chi connectivity index (χ1n) is 6.64. The summed E-state index contributed by atoms with van der Waals surface area (Å²) in [6.07, 6.45) is 2.43. The van der Waals surface area contributed by atoms with Crippen LogP contribution in [0.4, 0.5) is 5.69 Å². The number of fused-ring (bicyclic) bond motifs is 1. The Hall–Kier alpha value is -1.75. The van der Waals surface area contributed by atoms with E-state index in [1.807, 2.05) is 35.4 Å². The van der Waals surface area contributed by atoms with Gasteiger partial charge in [0, 0.05) is 43.0 Å². The molecule has 2 heterocycles. The largest absolute Gasteiger partial charge is 0.361 e. The lowest BCUT2D eigenvalue weighted by Gasteiger charge is -2.16. The van der Waals surface area contributed by atoms with Crippen LogP contribution in [0.2, 0.25) is 0 Å². The van der Waals surface area contributed by atoms with E-state index >= 15 is 0 Å². The van der Waals surface area contributed by atoms with Gasteiger partial charge < -0.3 is 9.88 Å². The molecule has 1 amide bonds. The lowest BCUT2D eigenvalue weighted by Crippen LogP contribution is -2.24. The standard InChI is InChI=1S/C15H16N2O2S/c1-10(18)20-9-11-6-15(19)17(8-11)13-3-2-12-4-5-16-14(12)7-13/h2-5,7,11,16H,6,8-9H2,1H3. The fourth-order valence-electron chi connectivity index (χ4n) is 2.58. The summed E-state index contributed by atoms with van der Waals surface area (Å²) >= 11 is 1.31. The Bertz CT molecular complexity index is 665. The zero-order chi connectivity index (χ0) is 14.1. The highest BCUT2D eigenvalue weighted by atomic mass is 32.2. The summed E-state index contributed by atoms with van der Waals surface area (Å²) in [5.41, 5.74) is 1.97. The summed E-state index contributed by atoms with van der Waals surface area (Å²) in [5, 5.41) is 1.26. The number of H-pyrrole nitrogens is 1. The van der Waals surface area contributed by atoms with E-state index in [0.717, 1.165) is 22.3 Å². The third kappa shape index (κ3) is 2.58. The zero-order valence-electron chi connectivity index (χ0n) is 11.3. The molecular weight excluding hydrogens is 272 g/mol. The van der Waals surface area contributed by atoms with Crippen molar-refractivity contribution in [1.29, 1.82) is 0 Å². The minimum Gasteiger partial charge on any atom is -0.361 e. The fraction of sp³-hybridized carbons (Fsp3) is 0.333. The number of aromatic amines is 1. The molecule has 0 spiro atoms. The molecule has 1 saturated heterocycles. The SMILES string of the molecule is CC(=O)SCC1CC(=O)N(c2ccc3cc[nH]c3c2)C1. The molecule has 3 rings (SSSR count). The van der Waals surface area contributed by atoms with Crippen molar-refractivity contribution < 1.29 is 9.59 Å². The third-order valence-corrected chi connectivity index (χ3v) is 4.62. The van der Waals surface area contributed by atoms with Gasteiger partial charge in [-0.25, -0.2) is 0 Å². The van der Waals surface area contributed by atoms with Crippen LogP contribution in [0.1, 0.15) is 13.3 Å². The molecule has 1 aromatic heterocycles. The number of carbonyl (C=O) groups excluding carboxylic acids is 2. The van der Waals surface area contributed by atoms with Gasteiger partial charge in [-0.2, -0.15) is 0 Å². The van der Waals surface area contributed by atoms with E-state index in [2.05, 4.69) is 4.98 Å². The van der Waals surface area contributed by atoms with Crippen LogP contribution in [0.5, 0.6) is 0 Å². The summed E-state index contributed by atoms with van der Waals surface area (Å²) in [4.78, 5) is 28.1. The second kappa shape index (κ2) is 5.32. The summed E-state index contributed by atoms with van der Waals surface area (Å²) < 4.78 is 0. The van der Waals surface area contributed by atoms with E-state index in [9.17, 15) is 9.59 Å². The second-order valence-electron chi connectivity index (χ2n) is 5.13. The van der Waals surface area contributed by atoms with Crippen LogP contribution in [-0.4, -0.2) is 28.3 Å². The van der Waals surface area contributed by atoms with Crippen molar-refractivity contribution in [2.75, 3.05) is 17.2 Å². The normalized spacial score (nSPS) is 18.9.